The highest BCUT2D eigenvalue weighted by Crippen LogP contribution is 2.38. The zero-order valence-corrected chi connectivity index (χ0v) is 10.9. The molecular weight excluding hydrogens is 262 g/mol. The first-order valence-electron chi connectivity index (χ1n) is 5.85. The van der Waals surface area contributed by atoms with Crippen LogP contribution in [0.2, 0.25) is 0 Å². The minimum atomic E-state index is 0.258. The van der Waals surface area contributed by atoms with Crippen LogP contribution in [0, 0.1) is 6.92 Å². The van der Waals surface area contributed by atoms with E-state index in [0.29, 0.717) is 0 Å². The molecule has 1 aromatic carbocycles. The van der Waals surface area contributed by atoms with Gasteiger partial charge >= 0.3 is 0 Å². The molecule has 0 atom stereocenters. The predicted octanol–water partition coefficient (Wildman–Crippen LogP) is 3.30. The number of thiophene rings is 1. The lowest BCUT2D eigenvalue weighted by Crippen LogP contribution is -1.92. The third-order valence-electron chi connectivity index (χ3n) is 3.36. The molecular formula is C14H9NO3S. The molecule has 0 unspecified atom stereocenters. The van der Waals surface area contributed by atoms with Crippen LogP contribution in [0.5, 0.6) is 11.5 Å². The number of carbonyl (C=O) groups excluding carboxylic acids is 1. The zero-order valence-electron chi connectivity index (χ0n) is 10.1. The second kappa shape index (κ2) is 3.68. The number of aldehydes is 1. The van der Waals surface area contributed by atoms with E-state index in [2.05, 4.69) is 11.1 Å². The van der Waals surface area contributed by atoms with Crippen molar-refractivity contribution in [3.8, 4) is 11.5 Å². The third kappa shape index (κ3) is 1.45. The smallest absolute Gasteiger partial charge is 0.231 e. The van der Waals surface area contributed by atoms with Crippen molar-refractivity contribution in [2.24, 2.45) is 0 Å². The van der Waals surface area contributed by atoms with Crippen LogP contribution < -0.4 is 9.47 Å². The first kappa shape index (κ1) is 10.8. The minimum absolute atomic E-state index is 0.258. The topological polar surface area (TPSA) is 48.4 Å². The molecule has 0 saturated heterocycles. The Morgan fingerprint density at radius 3 is 2.84 bits per heavy atom. The minimum Gasteiger partial charge on any atom is -0.454 e. The van der Waals surface area contributed by atoms with E-state index in [0.717, 1.165) is 49.3 Å². The van der Waals surface area contributed by atoms with Crippen molar-refractivity contribution in [2.45, 2.75) is 6.92 Å². The first-order chi connectivity index (χ1) is 9.26. The van der Waals surface area contributed by atoms with E-state index in [1.165, 1.54) is 11.3 Å². The Bertz CT molecular complexity index is 838. The highest BCUT2D eigenvalue weighted by atomic mass is 32.1. The zero-order chi connectivity index (χ0) is 13.0. The molecule has 0 bridgehead atoms. The Kier molecular flexibility index (Phi) is 2.08. The fraction of sp³-hybridized carbons (Fsp3) is 0.143. The van der Waals surface area contributed by atoms with Crippen LogP contribution in [0.25, 0.3) is 21.1 Å². The average molecular weight is 271 g/mol. The number of hydrogen-bond acceptors (Lipinski definition) is 5. The molecule has 3 heterocycles. The SMILES string of the molecule is Cc1c(C=O)sc2nc3cc4c(cc3cc12)OCO4. The number of benzene rings is 1. The van der Waals surface area contributed by atoms with Gasteiger partial charge in [-0.05, 0) is 24.6 Å². The normalized spacial score (nSPS) is 13.3. The van der Waals surface area contributed by atoms with Crippen LogP contribution in [0.15, 0.2) is 18.2 Å². The van der Waals surface area contributed by atoms with Crippen molar-refractivity contribution in [3.63, 3.8) is 0 Å². The number of aromatic nitrogens is 1. The van der Waals surface area contributed by atoms with Gasteiger partial charge in [-0.15, -0.1) is 11.3 Å². The third-order valence-corrected chi connectivity index (χ3v) is 4.49. The Morgan fingerprint density at radius 1 is 1.26 bits per heavy atom. The maximum atomic E-state index is 11.0. The Hall–Kier alpha value is -2.14. The second-order valence-corrected chi connectivity index (χ2v) is 5.48. The van der Waals surface area contributed by atoms with Gasteiger partial charge in [0.25, 0.3) is 0 Å². The van der Waals surface area contributed by atoms with E-state index in [4.69, 9.17) is 9.47 Å². The van der Waals surface area contributed by atoms with Gasteiger partial charge < -0.3 is 9.47 Å². The molecule has 0 radical (unpaired) electrons. The summed E-state index contributed by atoms with van der Waals surface area (Å²) in [5.41, 5.74) is 1.84. The number of pyridine rings is 1. The van der Waals surface area contributed by atoms with Crippen LogP contribution in [0.4, 0.5) is 0 Å². The van der Waals surface area contributed by atoms with Gasteiger partial charge in [0, 0.05) is 16.8 Å². The van der Waals surface area contributed by atoms with E-state index in [1.807, 2.05) is 19.1 Å². The van der Waals surface area contributed by atoms with E-state index in [9.17, 15) is 4.79 Å². The molecule has 0 spiro atoms. The Balaban J connectivity index is 2.09. The summed E-state index contributed by atoms with van der Waals surface area (Å²) in [6.07, 6.45) is 0.887. The van der Waals surface area contributed by atoms with Crippen LogP contribution in [0.3, 0.4) is 0 Å². The summed E-state index contributed by atoms with van der Waals surface area (Å²) in [6, 6.07) is 5.87. The van der Waals surface area contributed by atoms with E-state index < -0.39 is 0 Å². The standard InChI is InChI=1S/C14H9NO3S/c1-7-9-2-8-3-11-12(18-6-17-11)4-10(8)15-14(9)19-13(7)5-16/h2-5H,6H2,1H3. The van der Waals surface area contributed by atoms with Gasteiger partial charge in [0.15, 0.2) is 17.8 Å². The number of fused-ring (bicyclic) bond motifs is 3. The monoisotopic (exact) mass is 271 g/mol. The van der Waals surface area contributed by atoms with Gasteiger partial charge in [0.2, 0.25) is 6.79 Å². The van der Waals surface area contributed by atoms with Crippen molar-refractivity contribution in [1.29, 1.82) is 0 Å². The lowest BCUT2D eigenvalue weighted by atomic mass is 10.1. The maximum Gasteiger partial charge on any atom is 0.231 e. The van der Waals surface area contributed by atoms with Gasteiger partial charge in [0.1, 0.15) is 4.83 Å². The molecule has 2 aromatic heterocycles. The van der Waals surface area contributed by atoms with Crippen molar-refractivity contribution in [1.82, 2.24) is 4.98 Å². The van der Waals surface area contributed by atoms with Crippen molar-refractivity contribution in [3.05, 3.63) is 28.6 Å². The molecule has 1 aliphatic heterocycles. The van der Waals surface area contributed by atoms with Crippen LogP contribution in [-0.2, 0) is 0 Å². The molecule has 19 heavy (non-hydrogen) atoms. The average Bonchev–Trinajstić information content (AvgIpc) is 2.98. The number of hydrogen-bond donors (Lipinski definition) is 0. The summed E-state index contributed by atoms with van der Waals surface area (Å²) < 4.78 is 10.7. The van der Waals surface area contributed by atoms with Crippen molar-refractivity contribution in [2.75, 3.05) is 6.79 Å². The van der Waals surface area contributed by atoms with Gasteiger partial charge in [-0.3, -0.25) is 4.79 Å². The van der Waals surface area contributed by atoms with Gasteiger partial charge in [-0.2, -0.15) is 0 Å². The molecule has 4 rings (SSSR count). The molecule has 0 amide bonds. The highest BCUT2D eigenvalue weighted by molar-refractivity contribution is 7.20. The summed E-state index contributed by atoms with van der Waals surface area (Å²) in [5, 5.41) is 2.02. The lowest BCUT2D eigenvalue weighted by Gasteiger charge is -2.01. The summed E-state index contributed by atoms with van der Waals surface area (Å²) in [4.78, 5) is 17.2. The van der Waals surface area contributed by atoms with Crippen LogP contribution in [-0.4, -0.2) is 18.1 Å². The largest absolute Gasteiger partial charge is 0.454 e. The number of nitrogens with zero attached hydrogens (tertiary/aromatic N) is 1. The van der Waals surface area contributed by atoms with E-state index in [1.54, 1.807) is 0 Å². The van der Waals surface area contributed by atoms with E-state index in [-0.39, 0.29) is 6.79 Å². The number of ether oxygens (including phenoxy) is 2. The Morgan fingerprint density at radius 2 is 2.05 bits per heavy atom. The van der Waals surface area contributed by atoms with Gasteiger partial charge in [-0.1, -0.05) is 0 Å². The summed E-state index contributed by atoms with van der Waals surface area (Å²) in [5.74, 6) is 1.47. The van der Waals surface area contributed by atoms with Crippen LogP contribution in [0.1, 0.15) is 15.2 Å². The molecule has 1 aliphatic rings. The lowest BCUT2D eigenvalue weighted by molar-refractivity contribution is 0.112. The van der Waals surface area contributed by atoms with E-state index >= 15 is 0 Å². The van der Waals surface area contributed by atoms with Crippen molar-refractivity contribution >= 4 is 38.7 Å². The van der Waals surface area contributed by atoms with Crippen molar-refractivity contribution < 1.29 is 14.3 Å². The van der Waals surface area contributed by atoms with Gasteiger partial charge in [-0.25, -0.2) is 4.98 Å². The Labute approximate surface area is 112 Å². The fourth-order valence-corrected chi connectivity index (χ4v) is 3.30. The fourth-order valence-electron chi connectivity index (χ4n) is 2.32. The van der Waals surface area contributed by atoms with Crippen LogP contribution >= 0.6 is 11.3 Å². The first-order valence-corrected chi connectivity index (χ1v) is 6.66. The predicted molar refractivity (Wildman–Crippen MR) is 73.4 cm³/mol. The number of rotatable bonds is 1. The molecule has 94 valence electrons. The number of carbonyl (C=O) groups is 1. The molecule has 0 fully saturated rings. The molecule has 5 heteroatoms. The number of aryl methyl sites for hydroxylation is 1. The molecule has 0 aliphatic carbocycles. The van der Waals surface area contributed by atoms with Gasteiger partial charge in [0.05, 0.1) is 10.4 Å². The molecule has 3 aromatic rings. The summed E-state index contributed by atoms with van der Waals surface area (Å²) >= 11 is 1.42. The maximum absolute atomic E-state index is 11.0. The quantitative estimate of drug-likeness (QED) is 0.637. The highest BCUT2D eigenvalue weighted by Gasteiger charge is 2.16. The summed E-state index contributed by atoms with van der Waals surface area (Å²) in [6.45, 7) is 2.21. The summed E-state index contributed by atoms with van der Waals surface area (Å²) in [7, 11) is 0. The second-order valence-electron chi connectivity index (χ2n) is 4.45. The molecule has 0 saturated carbocycles. The molecule has 4 nitrogen and oxygen atoms in total. The molecule has 0 N–H and O–H groups in total.